The number of aryl methyl sites for hydroxylation is 1. The van der Waals surface area contributed by atoms with Crippen molar-refractivity contribution < 1.29 is 4.74 Å². The van der Waals surface area contributed by atoms with Crippen molar-refractivity contribution >= 4 is 17.0 Å². The molecule has 0 unspecified atom stereocenters. The van der Waals surface area contributed by atoms with E-state index in [-0.39, 0.29) is 0 Å². The van der Waals surface area contributed by atoms with Crippen LogP contribution in [-0.2, 0) is 0 Å². The molecule has 0 radical (unpaired) electrons. The van der Waals surface area contributed by atoms with Gasteiger partial charge in [0, 0.05) is 5.56 Å². The zero-order valence-corrected chi connectivity index (χ0v) is 10.8. The van der Waals surface area contributed by atoms with E-state index in [4.69, 9.17) is 10.5 Å². The molecule has 96 valence electrons. The molecule has 0 saturated carbocycles. The molecule has 2 heterocycles. The summed E-state index contributed by atoms with van der Waals surface area (Å²) in [5.41, 5.74) is 9.18. The SMILES string of the molecule is COc1cc(-c2nc3nc(N)ccc3[nH]2)ccc1C. The summed E-state index contributed by atoms with van der Waals surface area (Å²) in [5.74, 6) is 2.06. The molecule has 3 aromatic rings. The summed E-state index contributed by atoms with van der Waals surface area (Å²) in [6.07, 6.45) is 0. The number of nitrogens with two attached hydrogens (primary N) is 1. The minimum atomic E-state index is 0.465. The van der Waals surface area contributed by atoms with Gasteiger partial charge in [-0.2, -0.15) is 0 Å². The summed E-state index contributed by atoms with van der Waals surface area (Å²) in [7, 11) is 1.66. The molecular weight excluding hydrogens is 240 g/mol. The van der Waals surface area contributed by atoms with Crippen molar-refractivity contribution in [2.75, 3.05) is 12.8 Å². The number of benzene rings is 1. The lowest BCUT2D eigenvalue weighted by atomic mass is 10.1. The highest BCUT2D eigenvalue weighted by Gasteiger charge is 2.08. The molecule has 3 N–H and O–H groups in total. The molecule has 0 amide bonds. The number of hydrogen-bond acceptors (Lipinski definition) is 4. The van der Waals surface area contributed by atoms with Crippen molar-refractivity contribution in [1.82, 2.24) is 15.0 Å². The van der Waals surface area contributed by atoms with Crippen molar-refractivity contribution in [1.29, 1.82) is 0 Å². The maximum absolute atomic E-state index is 5.65. The smallest absolute Gasteiger partial charge is 0.180 e. The van der Waals surface area contributed by atoms with E-state index in [1.807, 2.05) is 31.2 Å². The van der Waals surface area contributed by atoms with E-state index in [2.05, 4.69) is 15.0 Å². The molecule has 0 aliphatic carbocycles. The summed E-state index contributed by atoms with van der Waals surface area (Å²) < 4.78 is 5.32. The van der Waals surface area contributed by atoms with Crippen molar-refractivity contribution in [3.63, 3.8) is 0 Å². The van der Waals surface area contributed by atoms with Gasteiger partial charge in [-0.3, -0.25) is 0 Å². The van der Waals surface area contributed by atoms with E-state index in [9.17, 15) is 0 Å². The fourth-order valence-electron chi connectivity index (χ4n) is 2.01. The summed E-state index contributed by atoms with van der Waals surface area (Å²) in [6.45, 7) is 2.00. The molecular formula is C14H14N4O. The number of nitrogens with one attached hydrogen (secondary N) is 1. The predicted molar refractivity (Wildman–Crippen MR) is 75.0 cm³/mol. The average Bonchev–Trinajstić information content (AvgIpc) is 2.82. The molecule has 0 bridgehead atoms. The molecule has 5 nitrogen and oxygen atoms in total. The third-order valence-electron chi connectivity index (χ3n) is 3.05. The maximum atomic E-state index is 5.65. The highest BCUT2D eigenvalue weighted by atomic mass is 16.5. The zero-order valence-electron chi connectivity index (χ0n) is 10.8. The fourth-order valence-corrected chi connectivity index (χ4v) is 2.01. The minimum Gasteiger partial charge on any atom is -0.496 e. The van der Waals surface area contributed by atoms with Crippen LogP contribution in [0.2, 0.25) is 0 Å². The van der Waals surface area contributed by atoms with Crippen LogP contribution in [0.5, 0.6) is 5.75 Å². The van der Waals surface area contributed by atoms with Crippen LogP contribution in [-0.4, -0.2) is 22.1 Å². The average molecular weight is 254 g/mol. The number of rotatable bonds is 2. The van der Waals surface area contributed by atoms with Gasteiger partial charge in [0.25, 0.3) is 0 Å². The van der Waals surface area contributed by atoms with Gasteiger partial charge in [-0.25, -0.2) is 9.97 Å². The van der Waals surface area contributed by atoms with Crippen molar-refractivity contribution in [2.45, 2.75) is 6.92 Å². The quantitative estimate of drug-likeness (QED) is 0.736. The number of ether oxygens (including phenoxy) is 1. The Morgan fingerprint density at radius 3 is 2.79 bits per heavy atom. The highest BCUT2D eigenvalue weighted by molar-refractivity contribution is 5.77. The Balaban J connectivity index is 2.13. The second-order valence-corrected chi connectivity index (χ2v) is 4.38. The Bertz CT molecular complexity index is 748. The molecule has 0 spiro atoms. The van der Waals surface area contributed by atoms with Gasteiger partial charge in [0.1, 0.15) is 17.4 Å². The third-order valence-corrected chi connectivity index (χ3v) is 3.05. The Kier molecular flexibility index (Phi) is 2.59. The van der Waals surface area contributed by atoms with Gasteiger partial charge in [0.05, 0.1) is 12.6 Å². The standard InChI is InChI=1S/C14H14N4O/c1-8-3-4-9(7-11(8)19-2)13-16-10-5-6-12(15)17-14(10)18-13/h3-7H,1-2H3,(H3,15,16,17,18). The van der Waals surface area contributed by atoms with E-state index in [1.54, 1.807) is 13.2 Å². The Labute approximate surface area is 110 Å². The van der Waals surface area contributed by atoms with Crippen LogP contribution in [0.25, 0.3) is 22.6 Å². The molecule has 0 fully saturated rings. The molecule has 1 aromatic carbocycles. The van der Waals surface area contributed by atoms with Gasteiger partial charge in [0.2, 0.25) is 0 Å². The lowest BCUT2D eigenvalue weighted by molar-refractivity contribution is 0.412. The number of H-pyrrole nitrogens is 1. The lowest BCUT2D eigenvalue weighted by Gasteiger charge is -2.05. The Morgan fingerprint density at radius 1 is 1.16 bits per heavy atom. The zero-order chi connectivity index (χ0) is 13.4. The molecule has 0 atom stereocenters. The van der Waals surface area contributed by atoms with E-state index in [0.717, 1.165) is 28.2 Å². The molecule has 19 heavy (non-hydrogen) atoms. The van der Waals surface area contributed by atoms with Crippen LogP contribution in [0, 0.1) is 6.92 Å². The van der Waals surface area contributed by atoms with Crippen LogP contribution in [0.4, 0.5) is 5.82 Å². The first-order chi connectivity index (χ1) is 9.17. The number of nitrogen functional groups attached to an aromatic ring is 1. The molecule has 0 aliphatic rings. The number of pyridine rings is 1. The molecule has 2 aromatic heterocycles. The first kappa shape index (κ1) is 11.5. The van der Waals surface area contributed by atoms with Gasteiger partial charge < -0.3 is 15.5 Å². The van der Waals surface area contributed by atoms with E-state index in [0.29, 0.717) is 11.5 Å². The van der Waals surface area contributed by atoms with Crippen LogP contribution < -0.4 is 10.5 Å². The van der Waals surface area contributed by atoms with E-state index in [1.165, 1.54) is 0 Å². The number of methoxy groups -OCH3 is 1. The summed E-state index contributed by atoms with van der Waals surface area (Å²) >= 11 is 0. The number of imidazole rings is 1. The van der Waals surface area contributed by atoms with Gasteiger partial charge >= 0.3 is 0 Å². The molecule has 0 aliphatic heterocycles. The summed E-state index contributed by atoms with van der Waals surface area (Å²) in [6, 6.07) is 9.58. The van der Waals surface area contributed by atoms with Gasteiger partial charge in [-0.05, 0) is 30.7 Å². The number of nitrogens with zero attached hydrogens (tertiary/aromatic N) is 2. The number of hydrogen-bond donors (Lipinski definition) is 2. The summed E-state index contributed by atoms with van der Waals surface area (Å²) in [4.78, 5) is 11.9. The lowest BCUT2D eigenvalue weighted by Crippen LogP contribution is -1.89. The van der Waals surface area contributed by atoms with Crippen molar-refractivity contribution in [3.8, 4) is 17.1 Å². The van der Waals surface area contributed by atoms with Crippen molar-refractivity contribution in [3.05, 3.63) is 35.9 Å². The normalized spacial score (nSPS) is 10.8. The first-order valence-corrected chi connectivity index (χ1v) is 5.94. The first-order valence-electron chi connectivity index (χ1n) is 5.94. The van der Waals surface area contributed by atoms with Gasteiger partial charge in [-0.15, -0.1) is 0 Å². The fraction of sp³-hybridized carbons (Fsp3) is 0.143. The monoisotopic (exact) mass is 254 g/mol. The number of anilines is 1. The Hall–Kier alpha value is -2.56. The number of aromatic amines is 1. The van der Waals surface area contributed by atoms with Crippen molar-refractivity contribution in [2.24, 2.45) is 0 Å². The van der Waals surface area contributed by atoms with Gasteiger partial charge in [-0.1, -0.05) is 12.1 Å². The molecule has 0 saturated heterocycles. The van der Waals surface area contributed by atoms with E-state index < -0.39 is 0 Å². The van der Waals surface area contributed by atoms with Gasteiger partial charge in [0.15, 0.2) is 5.65 Å². The largest absolute Gasteiger partial charge is 0.496 e. The summed E-state index contributed by atoms with van der Waals surface area (Å²) in [5, 5.41) is 0. The second kappa shape index (κ2) is 4.28. The maximum Gasteiger partial charge on any atom is 0.180 e. The minimum absolute atomic E-state index is 0.465. The Morgan fingerprint density at radius 2 is 2.00 bits per heavy atom. The number of aromatic nitrogens is 3. The second-order valence-electron chi connectivity index (χ2n) is 4.38. The van der Waals surface area contributed by atoms with Crippen LogP contribution in [0.1, 0.15) is 5.56 Å². The van der Waals surface area contributed by atoms with E-state index >= 15 is 0 Å². The third kappa shape index (κ3) is 1.99. The number of fused-ring (bicyclic) bond motifs is 1. The van der Waals surface area contributed by atoms with Crippen LogP contribution >= 0.6 is 0 Å². The predicted octanol–water partition coefficient (Wildman–Crippen LogP) is 2.52. The molecule has 5 heteroatoms. The topological polar surface area (TPSA) is 76.8 Å². The van der Waals surface area contributed by atoms with Crippen LogP contribution in [0.3, 0.4) is 0 Å². The molecule has 3 rings (SSSR count). The van der Waals surface area contributed by atoms with Crippen LogP contribution in [0.15, 0.2) is 30.3 Å². The highest BCUT2D eigenvalue weighted by Crippen LogP contribution is 2.26.